The normalized spacial score (nSPS) is 12.8. The van der Waals surface area contributed by atoms with Gasteiger partial charge in [0.2, 0.25) is 0 Å². The molecule has 7 heteroatoms. The Morgan fingerprint density at radius 3 is 2.88 bits per heavy atom. The van der Waals surface area contributed by atoms with Gasteiger partial charge in [0.05, 0.1) is 16.2 Å². The number of nitrogens with zero attached hydrogens (tertiary/aromatic N) is 2. The maximum Gasteiger partial charge on any atom is 0.258 e. The summed E-state index contributed by atoms with van der Waals surface area (Å²) < 4.78 is 5.71. The first-order chi connectivity index (χ1) is 11.6. The number of hydrogen-bond donors (Lipinski definition) is 1. The lowest BCUT2D eigenvalue weighted by atomic mass is 10.2. The lowest BCUT2D eigenvalue weighted by Crippen LogP contribution is -2.12. The third kappa shape index (κ3) is 2.79. The van der Waals surface area contributed by atoms with Gasteiger partial charge in [-0.25, -0.2) is 9.97 Å². The van der Waals surface area contributed by atoms with E-state index in [0.29, 0.717) is 38.1 Å². The van der Waals surface area contributed by atoms with Crippen molar-refractivity contribution in [1.82, 2.24) is 15.0 Å². The van der Waals surface area contributed by atoms with E-state index in [4.69, 9.17) is 16.0 Å². The van der Waals surface area contributed by atoms with Crippen LogP contribution in [0.2, 0.25) is 5.02 Å². The van der Waals surface area contributed by atoms with Crippen LogP contribution in [-0.4, -0.2) is 15.0 Å². The van der Waals surface area contributed by atoms with Crippen molar-refractivity contribution in [2.24, 2.45) is 0 Å². The zero-order chi connectivity index (χ0) is 16.7. The van der Waals surface area contributed by atoms with E-state index in [0.717, 1.165) is 0 Å². The van der Waals surface area contributed by atoms with Gasteiger partial charge >= 0.3 is 0 Å². The first kappa shape index (κ1) is 15.2. The highest BCUT2D eigenvalue weighted by molar-refractivity contribution is 7.99. The number of aromatic amines is 1. The maximum atomic E-state index is 12.2. The van der Waals surface area contributed by atoms with Gasteiger partial charge in [0.25, 0.3) is 10.8 Å². The number of rotatable bonds is 3. The molecular weight excluding hydrogens is 346 g/mol. The Morgan fingerprint density at radius 1 is 1.17 bits per heavy atom. The minimum absolute atomic E-state index is 0.120. The van der Waals surface area contributed by atoms with Crippen LogP contribution in [0.5, 0.6) is 0 Å². The van der Waals surface area contributed by atoms with E-state index in [2.05, 4.69) is 15.0 Å². The second-order valence-electron chi connectivity index (χ2n) is 5.32. The highest BCUT2D eigenvalue weighted by Crippen LogP contribution is 2.34. The molecule has 0 spiro atoms. The van der Waals surface area contributed by atoms with Crippen LogP contribution in [0.3, 0.4) is 0 Å². The van der Waals surface area contributed by atoms with E-state index < -0.39 is 0 Å². The Morgan fingerprint density at radius 2 is 2.00 bits per heavy atom. The molecule has 4 aromatic rings. The molecule has 5 nitrogen and oxygen atoms in total. The van der Waals surface area contributed by atoms with Crippen molar-refractivity contribution < 1.29 is 4.42 Å². The number of nitrogens with one attached hydrogen (secondary N) is 1. The predicted molar refractivity (Wildman–Crippen MR) is 95.7 cm³/mol. The topological polar surface area (TPSA) is 71.8 Å². The summed E-state index contributed by atoms with van der Waals surface area (Å²) in [5.74, 6) is 0.587. The van der Waals surface area contributed by atoms with Gasteiger partial charge in [-0.05, 0) is 37.3 Å². The third-order valence-electron chi connectivity index (χ3n) is 3.62. The summed E-state index contributed by atoms with van der Waals surface area (Å²) >= 11 is 7.36. The van der Waals surface area contributed by atoms with Crippen molar-refractivity contribution in [2.45, 2.75) is 17.4 Å². The molecule has 1 unspecified atom stereocenters. The molecule has 2 aromatic heterocycles. The van der Waals surface area contributed by atoms with Gasteiger partial charge in [-0.2, -0.15) is 0 Å². The summed E-state index contributed by atoms with van der Waals surface area (Å²) in [6.07, 6.45) is 0. The fraction of sp³-hybridized carbons (Fsp3) is 0.118. The van der Waals surface area contributed by atoms with Crippen molar-refractivity contribution in [1.29, 1.82) is 0 Å². The zero-order valence-corrected chi connectivity index (χ0v) is 14.2. The average molecular weight is 358 g/mol. The van der Waals surface area contributed by atoms with Crippen molar-refractivity contribution in [3.05, 3.63) is 63.7 Å². The third-order valence-corrected chi connectivity index (χ3v) is 4.81. The zero-order valence-electron chi connectivity index (χ0n) is 12.6. The maximum absolute atomic E-state index is 12.2. The van der Waals surface area contributed by atoms with E-state index in [9.17, 15) is 4.79 Å². The molecule has 1 N–H and O–H groups in total. The van der Waals surface area contributed by atoms with Crippen LogP contribution >= 0.6 is 23.4 Å². The standard InChI is InChI=1S/C17H12ClN3O2S/c1-9(15-19-12-5-3-2-4-11(12)16(22)21-15)24-17-20-13-8-10(18)6-7-14(13)23-17/h2-9H,1H3,(H,19,21,22). The number of aromatic nitrogens is 3. The highest BCUT2D eigenvalue weighted by Gasteiger charge is 2.16. The molecule has 0 aliphatic rings. The van der Waals surface area contributed by atoms with Crippen molar-refractivity contribution >= 4 is 45.4 Å². The smallest absolute Gasteiger partial charge is 0.258 e. The number of benzene rings is 2. The van der Waals surface area contributed by atoms with E-state index in [1.807, 2.05) is 25.1 Å². The number of H-pyrrole nitrogens is 1. The highest BCUT2D eigenvalue weighted by atomic mass is 35.5. The van der Waals surface area contributed by atoms with E-state index in [-0.39, 0.29) is 10.8 Å². The van der Waals surface area contributed by atoms with Crippen molar-refractivity contribution in [2.75, 3.05) is 0 Å². The molecule has 0 radical (unpaired) electrons. The van der Waals surface area contributed by atoms with Crippen molar-refractivity contribution in [3.8, 4) is 0 Å². The minimum atomic E-state index is -0.146. The molecular formula is C17H12ClN3O2S. The van der Waals surface area contributed by atoms with E-state index in [1.54, 1.807) is 24.3 Å². The molecule has 4 rings (SSSR count). The molecule has 24 heavy (non-hydrogen) atoms. The Hall–Kier alpha value is -2.31. The van der Waals surface area contributed by atoms with Crippen LogP contribution in [0, 0.1) is 0 Å². The van der Waals surface area contributed by atoms with Gasteiger partial charge in [-0.3, -0.25) is 4.79 Å². The average Bonchev–Trinajstić information content (AvgIpc) is 2.96. The molecule has 120 valence electrons. The molecule has 0 bridgehead atoms. The molecule has 0 amide bonds. The number of thioether (sulfide) groups is 1. The summed E-state index contributed by atoms with van der Waals surface area (Å²) in [5.41, 5.74) is 1.91. The van der Waals surface area contributed by atoms with Gasteiger partial charge in [-0.15, -0.1) is 0 Å². The lowest BCUT2D eigenvalue weighted by Gasteiger charge is -2.08. The summed E-state index contributed by atoms with van der Waals surface area (Å²) in [7, 11) is 0. The van der Waals surface area contributed by atoms with Crippen molar-refractivity contribution in [3.63, 3.8) is 0 Å². The fourth-order valence-electron chi connectivity index (χ4n) is 2.43. The Kier molecular flexibility index (Phi) is 3.78. The molecule has 2 heterocycles. The fourth-order valence-corrected chi connectivity index (χ4v) is 3.41. The Bertz CT molecular complexity index is 1110. The molecule has 0 fully saturated rings. The quantitative estimate of drug-likeness (QED) is 0.544. The molecule has 2 aromatic carbocycles. The van der Waals surface area contributed by atoms with Crippen LogP contribution in [0.25, 0.3) is 22.0 Å². The molecule has 1 atom stereocenters. The molecule has 0 aliphatic carbocycles. The number of fused-ring (bicyclic) bond motifs is 2. The number of halogens is 1. The minimum Gasteiger partial charge on any atom is -0.431 e. The SMILES string of the molecule is CC(Sc1nc2cc(Cl)ccc2o1)c1nc2ccccc2c(=O)[nH]1. The monoisotopic (exact) mass is 357 g/mol. The summed E-state index contributed by atoms with van der Waals surface area (Å²) in [6.45, 7) is 1.94. The Labute approximate surface area is 146 Å². The van der Waals surface area contributed by atoms with E-state index >= 15 is 0 Å². The predicted octanol–water partition coefficient (Wildman–Crippen LogP) is 4.57. The second kappa shape index (κ2) is 5.96. The van der Waals surface area contributed by atoms with Gasteiger partial charge in [0.1, 0.15) is 11.3 Å². The van der Waals surface area contributed by atoms with Crippen LogP contribution in [-0.2, 0) is 0 Å². The first-order valence-electron chi connectivity index (χ1n) is 7.32. The van der Waals surface area contributed by atoms with Crippen LogP contribution < -0.4 is 5.56 Å². The second-order valence-corrected chi connectivity index (χ2v) is 7.05. The van der Waals surface area contributed by atoms with Crippen LogP contribution in [0.4, 0.5) is 0 Å². The lowest BCUT2D eigenvalue weighted by molar-refractivity contribution is 0.488. The number of para-hydroxylation sites is 1. The first-order valence-corrected chi connectivity index (χ1v) is 8.57. The number of oxazole rings is 1. The molecule has 0 aliphatic heterocycles. The Balaban J connectivity index is 1.67. The van der Waals surface area contributed by atoms with Gasteiger partial charge < -0.3 is 9.40 Å². The van der Waals surface area contributed by atoms with Crippen LogP contribution in [0.1, 0.15) is 18.0 Å². The largest absolute Gasteiger partial charge is 0.431 e. The van der Waals surface area contributed by atoms with E-state index in [1.165, 1.54) is 11.8 Å². The summed E-state index contributed by atoms with van der Waals surface area (Å²) in [4.78, 5) is 24.0. The number of hydrogen-bond acceptors (Lipinski definition) is 5. The summed E-state index contributed by atoms with van der Waals surface area (Å²) in [5, 5.41) is 1.58. The summed E-state index contributed by atoms with van der Waals surface area (Å²) in [6, 6.07) is 12.6. The van der Waals surface area contributed by atoms with Gasteiger partial charge in [-0.1, -0.05) is 35.5 Å². The van der Waals surface area contributed by atoms with Gasteiger partial charge in [0, 0.05) is 5.02 Å². The molecule has 0 saturated heterocycles. The van der Waals surface area contributed by atoms with Gasteiger partial charge in [0.15, 0.2) is 5.58 Å². The van der Waals surface area contributed by atoms with Crippen LogP contribution in [0.15, 0.2) is 56.9 Å². The molecule has 0 saturated carbocycles.